The molecule has 0 aromatic carbocycles. The van der Waals surface area contributed by atoms with Crippen molar-refractivity contribution in [2.24, 2.45) is 0 Å². The molecular weight excluding hydrogens is 418 g/mol. The minimum atomic E-state index is 0.149. The number of hydrogen-bond acceptors (Lipinski definition) is 8. The highest BCUT2D eigenvalue weighted by molar-refractivity contribution is 5.75. The van der Waals surface area contributed by atoms with Gasteiger partial charge >= 0.3 is 0 Å². The Kier molecular flexibility index (Phi) is 5.12. The first-order chi connectivity index (χ1) is 16.2. The fraction of sp³-hybridized carbons (Fsp3) is 0.333. The fourth-order valence-electron chi connectivity index (χ4n) is 4.65. The van der Waals surface area contributed by atoms with Crippen molar-refractivity contribution in [3.63, 3.8) is 0 Å². The van der Waals surface area contributed by atoms with Crippen molar-refractivity contribution in [1.29, 1.82) is 0 Å². The van der Waals surface area contributed by atoms with Crippen LogP contribution in [0.25, 0.3) is 16.6 Å². The second-order valence-corrected chi connectivity index (χ2v) is 8.67. The Morgan fingerprint density at radius 2 is 1.97 bits per heavy atom. The van der Waals surface area contributed by atoms with Crippen LogP contribution < -0.4 is 15.4 Å². The van der Waals surface area contributed by atoms with Crippen molar-refractivity contribution in [2.75, 3.05) is 18.5 Å². The first-order valence-electron chi connectivity index (χ1n) is 11.2. The SMILES string of the molecule is Cc1cc(-c2ccn3nc(Nc4ccncn4)cc3c2)c(OC2C[C@H]3COC[C@@H](C2)N3)cn1. The van der Waals surface area contributed by atoms with Crippen molar-refractivity contribution >= 4 is 17.2 Å². The summed E-state index contributed by atoms with van der Waals surface area (Å²) in [5, 5.41) is 11.4. The molecule has 2 saturated heterocycles. The minimum absolute atomic E-state index is 0.149. The summed E-state index contributed by atoms with van der Waals surface area (Å²) in [6.07, 6.45) is 9.03. The van der Waals surface area contributed by atoms with E-state index >= 15 is 0 Å². The second-order valence-electron chi connectivity index (χ2n) is 8.67. The molecule has 9 heteroatoms. The molecule has 6 rings (SSSR count). The molecule has 1 unspecified atom stereocenters. The molecule has 2 aliphatic rings. The van der Waals surface area contributed by atoms with E-state index in [1.807, 2.05) is 29.9 Å². The van der Waals surface area contributed by atoms with Gasteiger partial charge in [-0.15, -0.1) is 0 Å². The van der Waals surface area contributed by atoms with E-state index in [4.69, 9.17) is 9.47 Å². The van der Waals surface area contributed by atoms with Gasteiger partial charge in [0.25, 0.3) is 0 Å². The molecule has 2 bridgehead atoms. The zero-order chi connectivity index (χ0) is 22.2. The van der Waals surface area contributed by atoms with E-state index < -0.39 is 0 Å². The standard InChI is InChI=1S/C24H25N7O2/c1-15-6-21(22(11-26-15)33-20-8-17-12-32-13-18(9-20)28-17)16-3-5-31-19(7-16)10-24(30-31)29-23-2-4-25-14-27-23/h2-7,10-11,14,17-18,20,28H,8-9,12-13H2,1H3,(H,25,27,29,30)/t17-,18+,20?. The summed E-state index contributed by atoms with van der Waals surface area (Å²) < 4.78 is 14.0. The number of rotatable bonds is 5. The van der Waals surface area contributed by atoms with Gasteiger partial charge in [0, 0.05) is 54.6 Å². The van der Waals surface area contributed by atoms with Gasteiger partial charge in [-0.1, -0.05) is 0 Å². The molecule has 0 radical (unpaired) electrons. The predicted octanol–water partition coefficient (Wildman–Crippen LogP) is 3.14. The molecule has 168 valence electrons. The summed E-state index contributed by atoms with van der Waals surface area (Å²) in [7, 11) is 0. The van der Waals surface area contributed by atoms with Gasteiger partial charge in [0.05, 0.1) is 24.9 Å². The zero-order valence-corrected chi connectivity index (χ0v) is 18.3. The maximum absolute atomic E-state index is 6.52. The summed E-state index contributed by atoms with van der Waals surface area (Å²) in [6.45, 7) is 3.50. The van der Waals surface area contributed by atoms with Crippen LogP contribution in [0.15, 0.2) is 55.2 Å². The van der Waals surface area contributed by atoms with E-state index in [0.29, 0.717) is 17.9 Å². The molecule has 0 aliphatic carbocycles. The number of fused-ring (bicyclic) bond motifs is 3. The molecule has 9 nitrogen and oxygen atoms in total. The molecule has 33 heavy (non-hydrogen) atoms. The lowest BCUT2D eigenvalue weighted by Gasteiger charge is -2.40. The van der Waals surface area contributed by atoms with Crippen molar-refractivity contribution in [1.82, 2.24) is 29.9 Å². The Bertz CT molecular complexity index is 1260. The number of nitrogens with zero attached hydrogens (tertiary/aromatic N) is 5. The van der Waals surface area contributed by atoms with Crippen molar-refractivity contribution in [2.45, 2.75) is 38.0 Å². The van der Waals surface area contributed by atoms with Gasteiger partial charge in [0.2, 0.25) is 0 Å². The molecule has 4 aromatic heterocycles. The summed E-state index contributed by atoms with van der Waals surface area (Å²) in [4.78, 5) is 12.7. The second kappa shape index (κ2) is 8.42. The number of hydrogen-bond donors (Lipinski definition) is 2. The Balaban J connectivity index is 1.29. The minimum Gasteiger partial charge on any atom is -0.488 e. The van der Waals surface area contributed by atoms with Crippen LogP contribution >= 0.6 is 0 Å². The molecular formula is C24H25N7O2. The van der Waals surface area contributed by atoms with Crippen LogP contribution in [0.2, 0.25) is 0 Å². The number of aryl methyl sites for hydroxylation is 1. The topological polar surface area (TPSA) is 98.5 Å². The summed E-state index contributed by atoms with van der Waals surface area (Å²) >= 11 is 0. The molecule has 2 aliphatic heterocycles. The third kappa shape index (κ3) is 4.24. The molecule has 0 spiro atoms. The van der Waals surface area contributed by atoms with E-state index in [0.717, 1.165) is 60.0 Å². The first-order valence-corrected chi connectivity index (χ1v) is 11.2. The molecule has 3 atom stereocenters. The Morgan fingerprint density at radius 3 is 2.79 bits per heavy atom. The van der Waals surface area contributed by atoms with E-state index in [1.165, 1.54) is 6.33 Å². The van der Waals surface area contributed by atoms with Crippen LogP contribution in [0.3, 0.4) is 0 Å². The number of ether oxygens (including phenoxy) is 2. The number of nitrogens with one attached hydrogen (secondary N) is 2. The van der Waals surface area contributed by atoms with Gasteiger partial charge in [-0.25, -0.2) is 14.5 Å². The lowest BCUT2D eigenvalue weighted by molar-refractivity contribution is -0.0122. The number of morpholine rings is 1. The monoisotopic (exact) mass is 443 g/mol. The van der Waals surface area contributed by atoms with Crippen molar-refractivity contribution in [3.8, 4) is 16.9 Å². The maximum Gasteiger partial charge on any atom is 0.154 e. The Labute approximate surface area is 191 Å². The number of piperidine rings is 1. The number of aromatic nitrogens is 5. The zero-order valence-electron chi connectivity index (χ0n) is 18.3. The molecule has 0 saturated carbocycles. The van der Waals surface area contributed by atoms with Crippen LogP contribution in [0.1, 0.15) is 18.5 Å². The van der Waals surface area contributed by atoms with Crippen LogP contribution in [0.5, 0.6) is 5.75 Å². The van der Waals surface area contributed by atoms with Crippen LogP contribution in [-0.4, -0.2) is 56.0 Å². The highest BCUT2D eigenvalue weighted by atomic mass is 16.5. The Hall–Kier alpha value is -3.56. The van der Waals surface area contributed by atoms with Gasteiger partial charge in [0.1, 0.15) is 24.0 Å². The quantitative estimate of drug-likeness (QED) is 0.485. The highest BCUT2D eigenvalue weighted by Gasteiger charge is 2.33. The van der Waals surface area contributed by atoms with Gasteiger partial charge in [0.15, 0.2) is 5.82 Å². The van der Waals surface area contributed by atoms with E-state index in [-0.39, 0.29) is 6.10 Å². The van der Waals surface area contributed by atoms with Crippen molar-refractivity contribution in [3.05, 3.63) is 60.9 Å². The van der Waals surface area contributed by atoms with Gasteiger partial charge in [-0.3, -0.25) is 4.98 Å². The lowest BCUT2D eigenvalue weighted by atomic mass is 9.94. The third-order valence-electron chi connectivity index (χ3n) is 6.11. The maximum atomic E-state index is 6.52. The smallest absolute Gasteiger partial charge is 0.154 e. The van der Waals surface area contributed by atoms with Crippen LogP contribution in [-0.2, 0) is 4.74 Å². The third-order valence-corrected chi connectivity index (χ3v) is 6.11. The predicted molar refractivity (Wildman–Crippen MR) is 124 cm³/mol. The average Bonchev–Trinajstić information content (AvgIpc) is 3.22. The lowest BCUT2D eigenvalue weighted by Crippen LogP contribution is -2.56. The van der Waals surface area contributed by atoms with E-state index in [1.54, 1.807) is 12.3 Å². The summed E-state index contributed by atoms with van der Waals surface area (Å²) in [5.41, 5.74) is 4.02. The molecule has 0 amide bonds. The molecule has 2 fully saturated rings. The molecule has 4 aromatic rings. The van der Waals surface area contributed by atoms with E-state index in [2.05, 4.69) is 48.9 Å². The number of anilines is 2. The molecule has 6 heterocycles. The highest BCUT2D eigenvalue weighted by Crippen LogP contribution is 2.34. The van der Waals surface area contributed by atoms with Crippen molar-refractivity contribution < 1.29 is 9.47 Å². The summed E-state index contributed by atoms with van der Waals surface area (Å²) in [6, 6.07) is 10.8. The largest absolute Gasteiger partial charge is 0.488 e. The average molecular weight is 444 g/mol. The Morgan fingerprint density at radius 1 is 1.09 bits per heavy atom. The van der Waals surface area contributed by atoms with Crippen LogP contribution in [0.4, 0.5) is 11.6 Å². The van der Waals surface area contributed by atoms with Gasteiger partial charge in [-0.2, -0.15) is 5.10 Å². The summed E-state index contributed by atoms with van der Waals surface area (Å²) in [5.74, 6) is 2.23. The number of pyridine rings is 2. The first kappa shape index (κ1) is 20.1. The van der Waals surface area contributed by atoms with Crippen LogP contribution in [0, 0.1) is 6.92 Å². The fourth-order valence-corrected chi connectivity index (χ4v) is 4.65. The van der Waals surface area contributed by atoms with Gasteiger partial charge in [-0.05, 0) is 36.8 Å². The molecule has 2 N–H and O–H groups in total. The van der Waals surface area contributed by atoms with E-state index in [9.17, 15) is 0 Å². The van der Waals surface area contributed by atoms with Gasteiger partial charge < -0.3 is 20.1 Å². The normalized spacial score (nSPS) is 22.3.